The number of carbonyl (C=O) groups excluding carboxylic acids is 2. The summed E-state index contributed by atoms with van der Waals surface area (Å²) in [7, 11) is 0. The number of hydrogen-bond donors (Lipinski definition) is 2. The minimum atomic E-state index is -0.984. The van der Waals surface area contributed by atoms with Crippen LogP contribution in [0.3, 0.4) is 0 Å². The standard InChI is InChI=1S/C17H14F4N2O2/c18-10-3-5-12(13(20)8-10)17(25)22-7-1-2-16(24)23-15-6-4-11(19)9-14(15)21/h3-6,8-9H,1-2,7H2,(H,22,25)(H,23,24). The van der Waals surface area contributed by atoms with Gasteiger partial charge in [0.25, 0.3) is 5.91 Å². The maximum absolute atomic E-state index is 13.4. The van der Waals surface area contributed by atoms with Crippen molar-refractivity contribution in [2.75, 3.05) is 11.9 Å². The van der Waals surface area contributed by atoms with E-state index >= 15 is 0 Å². The van der Waals surface area contributed by atoms with E-state index in [0.29, 0.717) is 12.1 Å². The highest BCUT2D eigenvalue weighted by molar-refractivity contribution is 5.94. The number of rotatable bonds is 6. The summed E-state index contributed by atoms with van der Waals surface area (Å²) >= 11 is 0. The van der Waals surface area contributed by atoms with Gasteiger partial charge >= 0.3 is 0 Å². The summed E-state index contributed by atoms with van der Waals surface area (Å²) in [5, 5.41) is 4.67. The van der Waals surface area contributed by atoms with Gasteiger partial charge in [-0.05, 0) is 30.7 Å². The second-order valence-electron chi connectivity index (χ2n) is 5.16. The van der Waals surface area contributed by atoms with E-state index in [1.807, 2.05) is 0 Å². The molecule has 0 aliphatic rings. The smallest absolute Gasteiger partial charge is 0.254 e. The van der Waals surface area contributed by atoms with Gasteiger partial charge in [-0.2, -0.15) is 0 Å². The lowest BCUT2D eigenvalue weighted by Crippen LogP contribution is -2.26. The van der Waals surface area contributed by atoms with Gasteiger partial charge in [0.15, 0.2) is 0 Å². The summed E-state index contributed by atoms with van der Waals surface area (Å²) in [6.07, 6.45) is 0.173. The van der Waals surface area contributed by atoms with E-state index in [4.69, 9.17) is 0 Å². The number of carbonyl (C=O) groups is 2. The topological polar surface area (TPSA) is 58.2 Å². The predicted octanol–water partition coefficient (Wildman–Crippen LogP) is 3.39. The molecule has 0 saturated carbocycles. The van der Waals surface area contributed by atoms with Crippen molar-refractivity contribution in [3.8, 4) is 0 Å². The SMILES string of the molecule is O=C(CCCNC(=O)c1ccc(F)cc1F)Nc1ccc(F)cc1F. The van der Waals surface area contributed by atoms with E-state index in [-0.39, 0.29) is 30.6 Å². The molecule has 2 aromatic rings. The maximum Gasteiger partial charge on any atom is 0.254 e. The van der Waals surface area contributed by atoms with E-state index in [1.54, 1.807) is 0 Å². The molecule has 0 saturated heterocycles. The molecule has 132 valence electrons. The van der Waals surface area contributed by atoms with Crippen LogP contribution in [0, 0.1) is 23.3 Å². The molecule has 2 rings (SSSR count). The lowest BCUT2D eigenvalue weighted by Gasteiger charge is -2.08. The van der Waals surface area contributed by atoms with Gasteiger partial charge in [-0.15, -0.1) is 0 Å². The van der Waals surface area contributed by atoms with Crippen molar-refractivity contribution in [2.24, 2.45) is 0 Å². The molecule has 4 nitrogen and oxygen atoms in total. The van der Waals surface area contributed by atoms with E-state index in [9.17, 15) is 27.2 Å². The zero-order valence-electron chi connectivity index (χ0n) is 12.9. The molecule has 0 aromatic heterocycles. The van der Waals surface area contributed by atoms with Crippen LogP contribution in [0.15, 0.2) is 36.4 Å². The third kappa shape index (κ3) is 5.30. The highest BCUT2D eigenvalue weighted by Crippen LogP contribution is 2.15. The highest BCUT2D eigenvalue weighted by atomic mass is 19.1. The molecule has 0 radical (unpaired) electrons. The number of benzene rings is 2. The Kier molecular flexibility index (Phi) is 6.10. The molecule has 2 amide bonds. The van der Waals surface area contributed by atoms with E-state index in [1.165, 1.54) is 0 Å². The Morgan fingerprint density at radius 3 is 2.16 bits per heavy atom. The van der Waals surface area contributed by atoms with E-state index < -0.39 is 35.1 Å². The number of halogens is 4. The van der Waals surface area contributed by atoms with Crippen molar-refractivity contribution >= 4 is 17.5 Å². The molecule has 0 heterocycles. The largest absolute Gasteiger partial charge is 0.352 e. The summed E-state index contributed by atoms with van der Waals surface area (Å²) in [6.45, 7) is 0.0645. The number of hydrogen-bond acceptors (Lipinski definition) is 2. The quantitative estimate of drug-likeness (QED) is 0.617. The van der Waals surface area contributed by atoms with Crippen LogP contribution in [0.5, 0.6) is 0 Å². The van der Waals surface area contributed by atoms with Crippen molar-refractivity contribution in [3.05, 3.63) is 65.2 Å². The zero-order chi connectivity index (χ0) is 18.4. The molecule has 0 spiro atoms. The fourth-order valence-electron chi connectivity index (χ4n) is 2.02. The summed E-state index contributed by atoms with van der Waals surface area (Å²) < 4.78 is 52.3. The Bertz CT molecular complexity index is 796. The van der Waals surface area contributed by atoms with Crippen molar-refractivity contribution in [2.45, 2.75) is 12.8 Å². The van der Waals surface area contributed by atoms with Crippen molar-refractivity contribution in [3.63, 3.8) is 0 Å². The highest BCUT2D eigenvalue weighted by Gasteiger charge is 2.12. The van der Waals surface area contributed by atoms with E-state index in [0.717, 1.165) is 24.3 Å². The lowest BCUT2D eigenvalue weighted by molar-refractivity contribution is -0.116. The monoisotopic (exact) mass is 354 g/mol. The Balaban J connectivity index is 1.76. The Labute approximate surface area is 140 Å². The molecule has 25 heavy (non-hydrogen) atoms. The molecule has 0 unspecified atom stereocenters. The van der Waals surface area contributed by atoms with Crippen LogP contribution in [0.25, 0.3) is 0 Å². The number of anilines is 1. The molecule has 0 bridgehead atoms. The summed E-state index contributed by atoms with van der Waals surface area (Å²) in [6, 6.07) is 5.33. The lowest BCUT2D eigenvalue weighted by atomic mass is 10.2. The van der Waals surface area contributed by atoms with Gasteiger partial charge in [-0.1, -0.05) is 0 Å². The van der Waals surface area contributed by atoms with Gasteiger partial charge in [-0.3, -0.25) is 9.59 Å². The first-order chi connectivity index (χ1) is 11.9. The maximum atomic E-state index is 13.4. The molecule has 2 aromatic carbocycles. The van der Waals surface area contributed by atoms with Crippen LogP contribution >= 0.6 is 0 Å². The first-order valence-corrected chi connectivity index (χ1v) is 7.35. The molecule has 0 aliphatic carbocycles. The Hall–Kier alpha value is -2.90. The third-order valence-corrected chi connectivity index (χ3v) is 3.25. The molecule has 0 aliphatic heterocycles. The van der Waals surface area contributed by atoms with Crippen molar-refractivity contribution in [1.82, 2.24) is 5.32 Å². The third-order valence-electron chi connectivity index (χ3n) is 3.25. The fraction of sp³-hybridized carbons (Fsp3) is 0.176. The van der Waals surface area contributed by atoms with Crippen LogP contribution in [-0.4, -0.2) is 18.4 Å². The van der Waals surface area contributed by atoms with Gasteiger partial charge in [0.1, 0.15) is 23.3 Å². The van der Waals surface area contributed by atoms with Gasteiger partial charge < -0.3 is 10.6 Å². The van der Waals surface area contributed by atoms with Gasteiger partial charge in [0.2, 0.25) is 5.91 Å². The number of amides is 2. The normalized spacial score (nSPS) is 10.4. The van der Waals surface area contributed by atoms with Crippen LogP contribution in [0.1, 0.15) is 23.2 Å². The molecule has 8 heteroatoms. The van der Waals surface area contributed by atoms with Gasteiger partial charge in [-0.25, -0.2) is 17.6 Å². The average molecular weight is 354 g/mol. The van der Waals surface area contributed by atoms with Crippen LogP contribution in [0.4, 0.5) is 23.2 Å². The van der Waals surface area contributed by atoms with Gasteiger partial charge in [0.05, 0.1) is 11.3 Å². The molecule has 2 N–H and O–H groups in total. The van der Waals surface area contributed by atoms with E-state index in [2.05, 4.69) is 10.6 Å². The zero-order valence-corrected chi connectivity index (χ0v) is 12.9. The molecule has 0 fully saturated rings. The van der Waals surface area contributed by atoms with Crippen LogP contribution < -0.4 is 10.6 Å². The minimum absolute atomic E-state index is 0.0387. The fourth-order valence-corrected chi connectivity index (χ4v) is 2.02. The van der Waals surface area contributed by atoms with Crippen molar-refractivity contribution in [1.29, 1.82) is 0 Å². The Morgan fingerprint density at radius 2 is 1.52 bits per heavy atom. The van der Waals surface area contributed by atoms with Crippen LogP contribution in [-0.2, 0) is 4.79 Å². The first kappa shape index (κ1) is 18.4. The van der Waals surface area contributed by atoms with Crippen molar-refractivity contribution < 1.29 is 27.2 Å². The number of nitrogens with one attached hydrogen (secondary N) is 2. The molecular weight excluding hydrogens is 340 g/mol. The summed E-state index contributed by atoms with van der Waals surface area (Å²) in [5.74, 6) is -4.68. The summed E-state index contributed by atoms with van der Waals surface area (Å²) in [5.41, 5.74) is -0.456. The van der Waals surface area contributed by atoms with Gasteiger partial charge in [0, 0.05) is 25.1 Å². The molecule has 0 atom stereocenters. The second-order valence-corrected chi connectivity index (χ2v) is 5.16. The summed E-state index contributed by atoms with van der Waals surface area (Å²) in [4.78, 5) is 23.4. The first-order valence-electron chi connectivity index (χ1n) is 7.35. The van der Waals surface area contributed by atoms with Crippen LogP contribution in [0.2, 0.25) is 0 Å². The predicted molar refractivity (Wildman–Crippen MR) is 82.9 cm³/mol. The molecular formula is C17H14F4N2O2. The average Bonchev–Trinajstić information content (AvgIpc) is 2.54. The minimum Gasteiger partial charge on any atom is -0.352 e. The second kappa shape index (κ2) is 8.27. The Morgan fingerprint density at radius 1 is 0.880 bits per heavy atom.